The monoisotopic (exact) mass is 321 g/mol. The van der Waals surface area contributed by atoms with E-state index < -0.39 is 0 Å². The van der Waals surface area contributed by atoms with E-state index in [0.717, 1.165) is 44.2 Å². The number of hydrogen-bond acceptors (Lipinski definition) is 5. The van der Waals surface area contributed by atoms with Gasteiger partial charge in [0.25, 0.3) is 0 Å². The summed E-state index contributed by atoms with van der Waals surface area (Å²) in [6, 6.07) is 7.80. The van der Waals surface area contributed by atoms with Gasteiger partial charge < -0.3 is 20.5 Å². The second kappa shape index (κ2) is 9.50. The summed E-state index contributed by atoms with van der Waals surface area (Å²) in [5, 5.41) is 2.90. The Hall–Kier alpha value is -1.63. The minimum atomic E-state index is -0.176. The molecule has 1 unspecified atom stereocenters. The van der Waals surface area contributed by atoms with Crippen LogP contribution in [0.2, 0.25) is 0 Å². The van der Waals surface area contributed by atoms with Gasteiger partial charge in [0.15, 0.2) is 0 Å². The number of para-hydroxylation sites is 1. The van der Waals surface area contributed by atoms with E-state index in [-0.39, 0.29) is 11.8 Å². The van der Waals surface area contributed by atoms with E-state index in [4.69, 9.17) is 15.2 Å². The lowest BCUT2D eigenvalue weighted by molar-refractivity contribution is -0.124. The van der Waals surface area contributed by atoms with Crippen LogP contribution in [0.3, 0.4) is 0 Å². The van der Waals surface area contributed by atoms with Crippen LogP contribution in [0, 0.1) is 5.92 Å². The van der Waals surface area contributed by atoms with E-state index in [0.29, 0.717) is 19.7 Å². The van der Waals surface area contributed by atoms with Crippen molar-refractivity contribution in [3.05, 3.63) is 29.8 Å². The average molecular weight is 321 g/mol. The topological polar surface area (TPSA) is 76.8 Å². The Morgan fingerprint density at radius 2 is 2.13 bits per heavy atom. The Morgan fingerprint density at radius 3 is 2.87 bits per heavy atom. The molecule has 6 nitrogen and oxygen atoms in total. The quantitative estimate of drug-likeness (QED) is 0.733. The van der Waals surface area contributed by atoms with Crippen LogP contribution in [0.4, 0.5) is 0 Å². The summed E-state index contributed by atoms with van der Waals surface area (Å²) in [6.45, 7) is 7.64. The van der Waals surface area contributed by atoms with Gasteiger partial charge in [-0.25, -0.2) is 0 Å². The molecular weight excluding hydrogens is 294 g/mol. The van der Waals surface area contributed by atoms with Crippen molar-refractivity contribution in [1.29, 1.82) is 0 Å². The van der Waals surface area contributed by atoms with Crippen LogP contribution in [-0.4, -0.2) is 56.8 Å². The fraction of sp³-hybridized carbons (Fsp3) is 0.588. The highest BCUT2D eigenvalue weighted by Crippen LogP contribution is 2.18. The number of hydrogen-bond donors (Lipinski definition) is 2. The second-order valence-electron chi connectivity index (χ2n) is 5.76. The van der Waals surface area contributed by atoms with E-state index in [1.807, 2.05) is 31.2 Å². The number of nitrogens with zero attached hydrogens (tertiary/aromatic N) is 1. The lowest BCUT2D eigenvalue weighted by Gasteiger charge is -2.26. The highest BCUT2D eigenvalue weighted by atomic mass is 16.5. The number of carbonyl (C=O) groups is 1. The standard InChI is InChI=1S/C17H27N3O3/c1-14(12-18)17(21)19-13-15-4-2-3-5-16(15)23-11-8-20-6-9-22-10-7-20/h2-5,14H,6-13,18H2,1H3,(H,19,21). The predicted molar refractivity (Wildman–Crippen MR) is 89.3 cm³/mol. The summed E-state index contributed by atoms with van der Waals surface area (Å²) in [6.07, 6.45) is 0. The molecule has 1 saturated heterocycles. The normalized spacial score (nSPS) is 16.8. The number of nitrogens with two attached hydrogens (primary N) is 1. The van der Waals surface area contributed by atoms with Crippen molar-refractivity contribution in [2.24, 2.45) is 11.7 Å². The molecule has 3 N–H and O–H groups in total. The molecule has 0 bridgehead atoms. The molecule has 0 spiro atoms. The van der Waals surface area contributed by atoms with Crippen molar-refractivity contribution in [2.75, 3.05) is 46.0 Å². The molecule has 0 aliphatic carbocycles. The zero-order valence-corrected chi connectivity index (χ0v) is 13.8. The number of carbonyl (C=O) groups excluding carboxylic acids is 1. The van der Waals surface area contributed by atoms with Crippen LogP contribution in [0.5, 0.6) is 5.75 Å². The molecule has 1 aromatic rings. The van der Waals surface area contributed by atoms with Crippen molar-refractivity contribution < 1.29 is 14.3 Å². The van der Waals surface area contributed by atoms with Crippen LogP contribution in [0.1, 0.15) is 12.5 Å². The molecule has 1 heterocycles. The average Bonchev–Trinajstić information content (AvgIpc) is 2.60. The summed E-state index contributed by atoms with van der Waals surface area (Å²) in [7, 11) is 0. The van der Waals surface area contributed by atoms with Crippen LogP contribution < -0.4 is 15.8 Å². The molecule has 1 atom stereocenters. The zero-order chi connectivity index (χ0) is 16.5. The van der Waals surface area contributed by atoms with Gasteiger partial charge in [-0.1, -0.05) is 25.1 Å². The fourth-order valence-corrected chi connectivity index (χ4v) is 2.36. The summed E-state index contributed by atoms with van der Waals surface area (Å²) < 4.78 is 11.2. The summed E-state index contributed by atoms with van der Waals surface area (Å²) >= 11 is 0. The van der Waals surface area contributed by atoms with Gasteiger partial charge >= 0.3 is 0 Å². The molecular formula is C17H27N3O3. The smallest absolute Gasteiger partial charge is 0.224 e. The van der Waals surface area contributed by atoms with Crippen molar-refractivity contribution >= 4 is 5.91 Å². The Bertz CT molecular complexity index is 490. The zero-order valence-electron chi connectivity index (χ0n) is 13.8. The maximum absolute atomic E-state index is 11.8. The fourth-order valence-electron chi connectivity index (χ4n) is 2.36. The van der Waals surface area contributed by atoms with E-state index in [9.17, 15) is 4.79 Å². The van der Waals surface area contributed by atoms with Gasteiger partial charge in [-0.05, 0) is 6.07 Å². The van der Waals surface area contributed by atoms with Crippen LogP contribution in [0.25, 0.3) is 0 Å². The first kappa shape index (κ1) is 17.7. The summed E-state index contributed by atoms with van der Waals surface area (Å²) in [5.41, 5.74) is 6.49. The SMILES string of the molecule is CC(CN)C(=O)NCc1ccccc1OCCN1CCOCC1. The number of rotatable bonds is 8. The molecule has 0 saturated carbocycles. The first-order chi connectivity index (χ1) is 11.2. The van der Waals surface area contributed by atoms with Gasteiger partial charge in [0.2, 0.25) is 5.91 Å². The maximum Gasteiger partial charge on any atom is 0.224 e. The van der Waals surface area contributed by atoms with Crippen molar-refractivity contribution in [3.8, 4) is 5.75 Å². The number of benzene rings is 1. The van der Waals surface area contributed by atoms with Crippen LogP contribution in [-0.2, 0) is 16.1 Å². The Balaban J connectivity index is 1.81. The summed E-state index contributed by atoms with van der Waals surface area (Å²) in [5.74, 6) is 0.612. The molecule has 0 aromatic heterocycles. The predicted octanol–water partition coefficient (Wildman–Crippen LogP) is 0.609. The minimum Gasteiger partial charge on any atom is -0.492 e. The van der Waals surface area contributed by atoms with Crippen LogP contribution in [0.15, 0.2) is 24.3 Å². The van der Waals surface area contributed by atoms with Gasteiger partial charge in [0.1, 0.15) is 12.4 Å². The summed E-state index contributed by atoms with van der Waals surface area (Å²) in [4.78, 5) is 14.2. The Labute approximate surface area is 137 Å². The first-order valence-corrected chi connectivity index (χ1v) is 8.19. The van der Waals surface area contributed by atoms with Crippen molar-refractivity contribution in [2.45, 2.75) is 13.5 Å². The van der Waals surface area contributed by atoms with Gasteiger partial charge in [-0.3, -0.25) is 9.69 Å². The number of ether oxygens (including phenoxy) is 2. The Morgan fingerprint density at radius 1 is 1.39 bits per heavy atom. The molecule has 1 aliphatic rings. The molecule has 1 aromatic carbocycles. The van der Waals surface area contributed by atoms with E-state index in [2.05, 4.69) is 10.2 Å². The third kappa shape index (κ3) is 5.82. The van der Waals surface area contributed by atoms with Gasteiger partial charge in [0, 0.05) is 44.2 Å². The van der Waals surface area contributed by atoms with Gasteiger partial charge in [-0.2, -0.15) is 0 Å². The maximum atomic E-state index is 11.8. The minimum absolute atomic E-state index is 0.0318. The lowest BCUT2D eigenvalue weighted by atomic mass is 10.1. The van der Waals surface area contributed by atoms with Gasteiger partial charge in [0.05, 0.1) is 13.2 Å². The van der Waals surface area contributed by atoms with Crippen LogP contribution >= 0.6 is 0 Å². The van der Waals surface area contributed by atoms with Crippen molar-refractivity contribution in [1.82, 2.24) is 10.2 Å². The molecule has 23 heavy (non-hydrogen) atoms. The largest absolute Gasteiger partial charge is 0.492 e. The number of morpholine rings is 1. The van der Waals surface area contributed by atoms with Gasteiger partial charge in [-0.15, -0.1) is 0 Å². The van der Waals surface area contributed by atoms with E-state index in [1.54, 1.807) is 0 Å². The molecule has 128 valence electrons. The molecule has 1 fully saturated rings. The molecule has 2 rings (SSSR count). The van der Waals surface area contributed by atoms with Crippen molar-refractivity contribution in [3.63, 3.8) is 0 Å². The first-order valence-electron chi connectivity index (χ1n) is 8.19. The number of amides is 1. The highest BCUT2D eigenvalue weighted by molar-refractivity contribution is 5.78. The number of nitrogens with one attached hydrogen (secondary N) is 1. The molecule has 1 amide bonds. The third-order valence-corrected chi connectivity index (χ3v) is 4.00. The highest BCUT2D eigenvalue weighted by Gasteiger charge is 2.12. The molecule has 0 radical (unpaired) electrons. The third-order valence-electron chi connectivity index (χ3n) is 4.00. The second-order valence-corrected chi connectivity index (χ2v) is 5.76. The van der Waals surface area contributed by atoms with E-state index >= 15 is 0 Å². The van der Waals surface area contributed by atoms with E-state index in [1.165, 1.54) is 0 Å². The Kier molecular flexibility index (Phi) is 7.32. The lowest BCUT2D eigenvalue weighted by Crippen LogP contribution is -2.38. The molecule has 1 aliphatic heterocycles. The molecule has 6 heteroatoms.